The topological polar surface area (TPSA) is 42.8 Å². The van der Waals surface area contributed by atoms with Gasteiger partial charge in [-0.1, -0.05) is 48.5 Å². The second kappa shape index (κ2) is 6.94. The average Bonchev–Trinajstić information content (AvgIpc) is 3.40. The average molecular weight is 383 g/mol. The molecule has 0 aliphatic rings. The van der Waals surface area contributed by atoms with Crippen molar-refractivity contribution < 1.29 is 4.42 Å². The molecular formula is C23H17N3OS. The maximum atomic E-state index is 5.58. The van der Waals surface area contributed by atoms with Crippen molar-refractivity contribution >= 4 is 39.1 Å². The van der Waals surface area contributed by atoms with E-state index in [4.69, 9.17) is 9.52 Å². The van der Waals surface area contributed by atoms with Gasteiger partial charge in [0.25, 0.3) is 0 Å². The molecule has 0 radical (unpaired) electrons. The molecule has 5 heteroatoms. The van der Waals surface area contributed by atoms with Gasteiger partial charge in [-0.2, -0.15) is 5.10 Å². The van der Waals surface area contributed by atoms with Crippen LogP contribution >= 0.6 is 11.3 Å². The fourth-order valence-corrected chi connectivity index (χ4v) is 4.24. The molecule has 4 nitrogen and oxygen atoms in total. The lowest BCUT2D eigenvalue weighted by molar-refractivity contribution is 0.575. The van der Waals surface area contributed by atoms with Crippen molar-refractivity contribution in [3.63, 3.8) is 0 Å². The third kappa shape index (κ3) is 2.77. The van der Waals surface area contributed by atoms with Gasteiger partial charge in [-0.15, -0.1) is 11.3 Å². The highest BCUT2D eigenvalue weighted by molar-refractivity contribution is 7.07. The van der Waals surface area contributed by atoms with Crippen molar-refractivity contribution in [1.29, 1.82) is 0 Å². The molecule has 0 N–H and O–H groups in total. The SMILES string of the molecule is CN=c1scc(-c2ccco2)n1N=Cc1c2ccccc2cc2ccccc12. The third-order valence-electron chi connectivity index (χ3n) is 4.77. The molecule has 0 aliphatic carbocycles. The zero-order valence-electron chi connectivity index (χ0n) is 15.2. The Morgan fingerprint density at radius 3 is 2.29 bits per heavy atom. The van der Waals surface area contributed by atoms with Gasteiger partial charge in [0.05, 0.1) is 12.5 Å². The number of aromatic nitrogens is 1. The summed E-state index contributed by atoms with van der Waals surface area (Å²) in [6, 6.07) is 22.8. The van der Waals surface area contributed by atoms with Gasteiger partial charge in [0.2, 0.25) is 4.80 Å². The Bertz CT molecular complexity index is 1320. The number of rotatable bonds is 3. The number of furan rings is 1. The quantitative estimate of drug-likeness (QED) is 0.298. The first-order chi connectivity index (χ1) is 13.8. The standard InChI is InChI=1S/C23H17N3OS/c1-24-23-26(21(15-28-23)22-11-6-12-27-22)25-14-20-18-9-4-2-7-16(18)13-17-8-3-5-10-19(17)20/h2-15H,1H3. The molecule has 0 amide bonds. The van der Waals surface area contributed by atoms with Crippen LogP contribution in [0.2, 0.25) is 0 Å². The van der Waals surface area contributed by atoms with Gasteiger partial charge >= 0.3 is 0 Å². The monoisotopic (exact) mass is 383 g/mol. The lowest BCUT2D eigenvalue weighted by Crippen LogP contribution is -2.11. The summed E-state index contributed by atoms with van der Waals surface area (Å²) in [5.41, 5.74) is 1.98. The molecule has 136 valence electrons. The molecule has 2 heterocycles. The Labute approximate surface area is 165 Å². The summed E-state index contributed by atoms with van der Waals surface area (Å²) in [6.07, 6.45) is 3.60. The summed E-state index contributed by atoms with van der Waals surface area (Å²) in [6.45, 7) is 0. The van der Waals surface area contributed by atoms with Crippen LogP contribution in [-0.4, -0.2) is 17.9 Å². The van der Waals surface area contributed by atoms with Crippen LogP contribution in [0, 0.1) is 0 Å². The van der Waals surface area contributed by atoms with E-state index in [9.17, 15) is 0 Å². The van der Waals surface area contributed by atoms with Crippen molar-refractivity contribution in [1.82, 2.24) is 4.68 Å². The van der Waals surface area contributed by atoms with E-state index >= 15 is 0 Å². The molecule has 2 aromatic heterocycles. The largest absolute Gasteiger partial charge is 0.463 e. The highest BCUT2D eigenvalue weighted by atomic mass is 32.1. The molecule has 0 aliphatic heterocycles. The van der Waals surface area contributed by atoms with E-state index in [1.54, 1.807) is 13.3 Å². The van der Waals surface area contributed by atoms with Crippen LogP contribution in [0.1, 0.15) is 5.56 Å². The molecule has 0 unspecified atom stereocenters. The molecule has 5 aromatic rings. The summed E-state index contributed by atoms with van der Waals surface area (Å²) in [7, 11) is 1.77. The highest BCUT2D eigenvalue weighted by Gasteiger charge is 2.10. The van der Waals surface area contributed by atoms with Crippen LogP contribution in [0.15, 0.2) is 92.9 Å². The summed E-state index contributed by atoms with van der Waals surface area (Å²) in [5, 5.41) is 11.6. The van der Waals surface area contributed by atoms with E-state index in [0.717, 1.165) is 21.8 Å². The van der Waals surface area contributed by atoms with Gasteiger partial charge in [-0.3, -0.25) is 4.99 Å². The van der Waals surface area contributed by atoms with E-state index in [-0.39, 0.29) is 0 Å². The van der Waals surface area contributed by atoms with E-state index in [2.05, 4.69) is 59.6 Å². The number of thiazole rings is 1. The van der Waals surface area contributed by atoms with Crippen molar-refractivity contribution in [2.24, 2.45) is 10.1 Å². The molecule has 3 aromatic carbocycles. The molecular weight excluding hydrogens is 366 g/mol. The summed E-state index contributed by atoms with van der Waals surface area (Å²) >= 11 is 1.54. The zero-order valence-corrected chi connectivity index (χ0v) is 16.1. The third-order valence-corrected chi connectivity index (χ3v) is 5.67. The minimum atomic E-state index is 0.770. The molecule has 0 atom stereocenters. The predicted molar refractivity (Wildman–Crippen MR) is 116 cm³/mol. The van der Waals surface area contributed by atoms with E-state index in [1.807, 2.05) is 28.4 Å². The van der Waals surface area contributed by atoms with Gasteiger partial charge in [-0.05, 0) is 39.7 Å². The number of hydrogen-bond donors (Lipinski definition) is 0. The molecule has 5 rings (SSSR count). The Hall–Kier alpha value is -3.44. The first kappa shape index (κ1) is 16.7. The van der Waals surface area contributed by atoms with Crippen molar-refractivity contribution in [3.8, 4) is 11.5 Å². The molecule has 28 heavy (non-hydrogen) atoms. The zero-order chi connectivity index (χ0) is 18.9. The second-order valence-corrected chi connectivity index (χ2v) is 7.23. The van der Waals surface area contributed by atoms with E-state index in [0.29, 0.717) is 0 Å². The summed E-state index contributed by atoms with van der Waals surface area (Å²) in [4.78, 5) is 5.18. The Morgan fingerprint density at radius 1 is 0.929 bits per heavy atom. The van der Waals surface area contributed by atoms with E-state index < -0.39 is 0 Å². The molecule has 0 saturated carbocycles. The number of fused-ring (bicyclic) bond motifs is 2. The minimum Gasteiger partial charge on any atom is -0.463 e. The Balaban J connectivity index is 1.75. The van der Waals surface area contributed by atoms with Gasteiger partial charge < -0.3 is 4.42 Å². The second-order valence-electron chi connectivity index (χ2n) is 6.39. The fraction of sp³-hybridized carbons (Fsp3) is 0.0435. The number of benzene rings is 3. The normalized spacial score (nSPS) is 12.5. The maximum absolute atomic E-state index is 5.58. The van der Waals surface area contributed by atoms with Crippen LogP contribution in [0.5, 0.6) is 0 Å². The fourth-order valence-electron chi connectivity index (χ4n) is 3.46. The molecule has 0 spiro atoms. The van der Waals surface area contributed by atoms with Crippen molar-refractivity contribution in [2.75, 3.05) is 7.05 Å². The van der Waals surface area contributed by atoms with Gasteiger partial charge in [-0.25, -0.2) is 4.68 Å². The van der Waals surface area contributed by atoms with Crippen molar-refractivity contribution in [3.05, 3.63) is 88.7 Å². The smallest absolute Gasteiger partial charge is 0.206 e. The summed E-state index contributed by atoms with van der Waals surface area (Å²) in [5.74, 6) is 0.770. The Morgan fingerprint density at radius 2 is 1.64 bits per heavy atom. The minimum absolute atomic E-state index is 0.770. The van der Waals surface area contributed by atoms with Crippen LogP contribution in [0.3, 0.4) is 0 Å². The van der Waals surface area contributed by atoms with Gasteiger partial charge in [0.1, 0.15) is 5.69 Å². The number of nitrogens with zero attached hydrogens (tertiary/aromatic N) is 3. The van der Waals surface area contributed by atoms with E-state index in [1.165, 1.54) is 32.9 Å². The lowest BCUT2D eigenvalue weighted by Gasteiger charge is -2.08. The first-order valence-electron chi connectivity index (χ1n) is 8.97. The predicted octanol–water partition coefficient (Wildman–Crippen LogP) is 5.53. The highest BCUT2D eigenvalue weighted by Crippen LogP contribution is 2.27. The maximum Gasteiger partial charge on any atom is 0.206 e. The van der Waals surface area contributed by atoms with Crippen LogP contribution < -0.4 is 4.80 Å². The Kier molecular flexibility index (Phi) is 4.14. The van der Waals surface area contributed by atoms with Crippen LogP contribution in [-0.2, 0) is 0 Å². The number of hydrogen-bond acceptors (Lipinski definition) is 4. The van der Waals surface area contributed by atoms with Crippen LogP contribution in [0.25, 0.3) is 33.0 Å². The molecule has 0 fully saturated rings. The van der Waals surface area contributed by atoms with Gasteiger partial charge in [0.15, 0.2) is 5.76 Å². The summed E-state index contributed by atoms with van der Waals surface area (Å²) < 4.78 is 7.41. The molecule has 0 saturated heterocycles. The first-order valence-corrected chi connectivity index (χ1v) is 9.85. The lowest BCUT2D eigenvalue weighted by atomic mass is 9.97. The van der Waals surface area contributed by atoms with Gasteiger partial charge in [0, 0.05) is 18.0 Å². The van der Waals surface area contributed by atoms with Crippen molar-refractivity contribution in [2.45, 2.75) is 0 Å². The van der Waals surface area contributed by atoms with Crippen LogP contribution in [0.4, 0.5) is 0 Å². The molecule has 0 bridgehead atoms.